The number of carbonyl (C=O) groups is 1. The lowest BCUT2D eigenvalue weighted by Crippen LogP contribution is -2.10. The van der Waals surface area contributed by atoms with E-state index in [2.05, 4.69) is 5.32 Å². The Kier molecular flexibility index (Phi) is 2.63. The van der Waals surface area contributed by atoms with Gasteiger partial charge in [-0.15, -0.1) is 0 Å². The molecule has 2 N–H and O–H groups in total. The van der Waals surface area contributed by atoms with Gasteiger partial charge in [0.1, 0.15) is 0 Å². The summed E-state index contributed by atoms with van der Waals surface area (Å²) in [7, 11) is 0. The molecule has 0 saturated heterocycles. The summed E-state index contributed by atoms with van der Waals surface area (Å²) in [6.45, 7) is 0.493. The van der Waals surface area contributed by atoms with Gasteiger partial charge in [-0.25, -0.2) is 0 Å². The van der Waals surface area contributed by atoms with E-state index in [1.54, 1.807) is 24.3 Å². The molecule has 0 unspecified atom stereocenters. The standard InChI is InChI=1S/C8H8NO2/c10-6-8(11)9-7-4-2-1-3-5-7/h1-6,10H,(H,9,11). The van der Waals surface area contributed by atoms with Crippen LogP contribution in [0.1, 0.15) is 0 Å². The van der Waals surface area contributed by atoms with Crippen molar-refractivity contribution in [2.24, 2.45) is 0 Å². The Morgan fingerprint density at radius 2 is 2.00 bits per heavy atom. The Morgan fingerprint density at radius 3 is 2.55 bits per heavy atom. The lowest BCUT2D eigenvalue weighted by Gasteiger charge is -1.99. The highest BCUT2D eigenvalue weighted by Gasteiger charge is 1.97. The maximum absolute atomic E-state index is 10.6. The smallest absolute Gasteiger partial charge is 0.256 e. The van der Waals surface area contributed by atoms with Crippen molar-refractivity contribution in [1.82, 2.24) is 0 Å². The van der Waals surface area contributed by atoms with Gasteiger partial charge in [-0.2, -0.15) is 0 Å². The van der Waals surface area contributed by atoms with Crippen LogP contribution in [-0.2, 0) is 4.79 Å². The Bertz CT molecular complexity index is 233. The van der Waals surface area contributed by atoms with E-state index < -0.39 is 5.91 Å². The third kappa shape index (κ3) is 2.39. The maximum Gasteiger partial charge on any atom is 0.256 e. The Labute approximate surface area is 64.7 Å². The van der Waals surface area contributed by atoms with Crippen LogP contribution in [0.4, 0.5) is 5.69 Å². The van der Waals surface area contributed by atoms with Gasteiger partial charge in [-0.05, 0) is 12.1 Å². The predicted molar refractivity (Wildman–Crippen MR) is 41.3 cm³/mol. The molecule has 0 atom stereocenters. The predicted octanol–water partition coefficient (Wildman–Crippen LogP) is 1.16. The lowest BCUT2D eigenvalue weighted by molar-refractivity contribution is -0.115. The van der Waals surface area contributed by atoms with E-state index in [9.17, 15) is 4.79 Å². The van der Waals surface area contributed by atoms with Gasteiger partial charge in [0.2, 0.25) is 0 Å². The van der Waals surface area contributed by atoms with E-state index in [1.165, 1.54) is 0 Å². The van der Waals surface area contributed by atoms with E-state index >= 15 is 0 Å². The van der Waals surface area contributed by atoms with Crippen LogP contribution in [0.25, 0.3) is 0 Å². The van der Waals surface area contributed by atoms with E-state index in [1.807, 2.05) is 6.07 Å². The molecule has 57 valence electrons. The number of carbonyl (C=O) groups excluding carboxylic acids is 1. The molecule has 3 heteroatoms. The zero-order valence-corrected chi connectivity index (χ0v) is 5.82. The molecule has 11 heavy (non-hydrogen) atoms. The monoisotopic (exact) mass is 150 g/mol. The van der Waals surface area contributed by atoms with Crippen LogP contribution >= 0.6 is 0 Å². The molecule has 0 aromatic heterocycles. The first kappa shape index (κ1) is 7.75. The second-order valence-electron chi connectivity index (χ2n) is 1.98. The number of aliphatic hydroxyl groups is 1. The number of hydrogen-bond donors (Lipinski definition) is 2. The Morgan fingerprint density at radius 1 is 1.36 bits per heavy atom. The number of hydrogen-bond acceptors (Lipinski definition) is 2. The van der Waals surface area contributed by atoms with Crippen molar-refractivity contribution in [3.8, 4) is 0 Å². The quantitative estimate of drug-likeness (QED) is 0.664. The number of nitrogens with one attached hydrogen (secondary N) is 1. The molecule has 3 nitrogen and oxygen atoms in total. The van der Waals surface area contributed by atoms with Gasteiger partial charge in [0.05, 0.1) is 0 Å². The summed E-state index contributed by atoms with van der Waals surface area (Å²) < 4.78 is 0. The molecule has 0 fully saturated rings. The van der Waals surface area contributed by atoms with Crippen LogP contribution in [-0.4, -0.2) is 11.0 Å². The molecule has 0 spiro atoms. The molecule has 0 heterocycles. The zero-order valence-electron chi connectivity index (χ0n) is 5.82. The second-order valence-corrected chi connectivity index (χ2v) is 1.98. The number of anilines is 1. The molecular formula is C8H8NO2. The average molecular weight is 150 g/mol. The largest absolute Gasteiger partial charge is 0.380 e. The number of rotatable bonds is 2. The summed E-state index contributed by atoms with van der Waals surface area (Å²) in [4.78, 5) is 10.6. The minimum Gasteiger partial charge on any atom is -0.380 e. The molecule has 1 amide bonds. The minimum atomic E-state index is -0.517. The highest BCUT2D eigenvalue weighted by molar-refractivity contribution is 5.95. The first-order valence-corrected chi connectivity index (χ1v) is 3.16. The number of aliphatic hydroxyl groups excluding tert-OH is 1. The first-order valence-electron chi connectivity index (χ1n) is 3.16. The topological polar surface area (TPSA) is 49.3 Å². The van der Waals surface area contributed by atoms with Crippen molar-refractivity contribution < 1.29 is 9.90 Å². The summed E-state index contributed by atoms with van der Waals surface area (Å²) >= 11 is 0. The molecule has 0 aliphatic rings. The van der Waals surface area contributed by atoms with Crippen LogP contribution < -0.4 is 5.32 Å². The third-order valence-corrected chi connectivity index (χ3v) is 1.16. The summed E-state index contributed by atoms with van der Waals surface area (Å²) in [5.74, 6) is -0.517. The van der Waals surface area contributed by atoms with Gasteiger partial charge >= 0.3 is 0 Å². The zero-order chi connectivity index (χ0) is 8.10. The van der Waals surface area contributed by atoms with Crippen molar-refractivity contribution in [3.05, 3.63) is 36.9 Å². The van der Waals surface area contributed by atoms with Gasteiger partial charge < -0.3 is 10.4 Å². The normalized spacial score (nSPS) is 9.18. The summed E-state index contributed by atoms with van der Waals surface area (Å²) in [6.07, 6.45) is 0. The lowest BCUT2D eigenvalue weighted by atomic mass is 10.3. The molecule has 1 aromatic carbocycles. The van der Waals surface area contributed by atoms with Crippen molar-refractivity contribution in [3.63, 3.8) is 0 Å². The Hall–Kier alpha value is -1.35. The van der Waals surface area contributed by atoms with E-state index in [0.717, 1.165) is 0 Å². The van der Waals surface area contributed by atoms with Crippen molar-refractivity contribution in [1.29, 1.82) is 0 Å². The van der Waals surface area contributed by atoms with Gasteiger partial charge in [0, 0.05) is 5.69 Å². The molecule has 0 bridgehead atoms. The molecule has 1 radical (unpaired) electrons. The fourth-order valence-corrected chi connectivity index (χ4v) is 0.696. The van der Waals surface area contributed by atoms with Crippen LogP contribution in [0.5, 0.6) is 0 Å². The van der Waals surface area contributed by atoms with Crippen molar-refractivity contribution in [2.75, 3.05) is 5.32 Å². The maximum atomic E-state index is 10.6. The molecular weight excluding hydrogens is 142 g/mol. The molecule has 0 saturated carbocycles. The minimum absolute atomic E-state index is 0.493. The molecule has 0 aliphatic carbocycles. The fourth-order valence-electron chi connectivity index (χ4n) is 0.696. The van der Waals surface area contributed by atoms with Crippen LogP contribution in [0.15, 0.2) is 30.3 Å². The van der Waals surface area contributed by atoms with E-state index in [0.29, 0.717) is 12.3 Å². The number of para-hydroxylation sites is 1. The van der Waals surface area contributed by atoms with Gasteiger partial charge in [-0.3, -0.25) is 4.79 Å². The number of amides is 1. The molecule has 0 aliphatic heterocycles. The van der Waals surface area contributed by atoms with E-state index in [-0.39, 0.29) is 0 Å². The van der Waals surface area contributed by atoms with Gasteiger partial charge in [-0.1, -0.05) is 18.2 Å². The van der Waals surface area contributed by atoms with Crippen molar-refractivity contribution >= 4 is 11.6 Å². The van der Waals surface area contributed by atoms with Gasteiger partial charge in [0.15, 0.2) is 6.61 Å². The number of benzene rings is 1. The average Bonchev–Trinajstić information content (AvgIpc) is 2.06. The molecule has 1 rings (SSSR count). The van der Waals surface area contributed by atoms with Crippen LogP contribution in [0, 0.1) is 6.61 Å². The summed E-state index contributed by atoms with van der Waals surface area (Å²) in [6, 6.07) is 8.92. The first-order chi connectivity index (χ1) is 5.33. The third-order valence-electron chi connectivity index (χ3n) is 1.16. The summed E-state index contributed by atoms with van der Waals surface area (Å²) in [5.41, 5.74) is 0.669. The van der Waals surface area contributed by atoms with Crippen molar-refractivity contribution in [2.45, 2.75) is 0 Å². The Balaban J connectivity index is 2.58. The van der Waals surface area contributed by atoms with Gasteiger partial charge in [0.25, 0.3) is 5.91 Å². The van der Waals surface area contributed by atoms with E-state index in [4.69, 9.17) is 5.11 Å². The van der Waals surface area contributed by atoms with Crippen LogP contribution in [0.3, 0.4) is 0 Å². The SMILES string of the molecule is O=C([CH]O)Nc1ccccc1. The fraction of sp³-hybridized carbons (Fsp3) is 0. The highest BCUT2D eigenvalue weighted by atomic mass is 16.3. The summed E-state index contributed by atoms with van der Waals surface area (Å²) in [5, 5.41) is 10.7. The second kappa shape index (κ2) is 3.73. The highest BCUT2D eigenvalue weighted by Crippen LogP contribution is 2.04. The molecule has 1 aromatic rings. The van der Waals surface area contributed by atoms with Crippen LogP contribution in [0.2, 0.25) is 0 Å².